The zero-order valence-corrected chi connectivity index (χ0v) is 35.5. The summed E-state index contributed by atoms with van der Waals surface area (Å²) in [6.45, 7) is 6.33. The van der Waals surface area contributed by atoms with Crippen molar-refractivity contribution < 1.29 is 9.47 Å². The van der Waals surface area contributed by atoms with Crippen LogP contribution in [0.4, 0.5) is 0 Å². The maximum Gasteiger partial charge on any atom is 0.241 e. The maximum absolute atomic E-state index is 6.10. The first-order valence-electron chi connectivity index (χ1n) is 21.3. The average Bonchev–Trinajstić information content (AvgIpc) is 3.81. The van der Waals surface area contributed by atoms with Gasteiger partial charge in [-0.1, -0.05) is 214 Å². The minimum Gasteiger partial charge on any atom is -0.494 e. The first-order valence-corrected chi connectivity index (χ1v) is 23.5. The van der Waals surface area contributed by atoms with E-state index < -0.39 is 8.07 Å². The Morgan fingerprint density at radius 1 is 0.466 bits per heavy atom. The molecule has 6 aromatic carbocycles. The molecule has 0 saturated carbocycles. The maximum atomic E-state index is 6.10. The van der Waals surface area contributed by atoms with Crippen molar-refractivity contribution in [1.29, 1.82) is 0 Å². The molecule has 0 fully saturated rings. The van der Waals surface area contributed by atoms with Gasteiger partial charge in [0.15, 0.2) is 8.07 Å². The number of nitrogens with zero attached hydrogens (tertiary/aromatic N) is 2. The Kier molecular flexibility index (Phi) is 16.6. The van der Waals surface area contributed by atoms with E-state index in [2.05, 4.69) is 199 Å². The summed E-state index contributed by atoms with van der Waals surface area (Å²) in [6, 6.07) is 60.8. The highest BCUT2D eigenvalue weighted by Crippen LogP contribution is 2.18. The molecule has 7 rings (SSSR count). The summed E-state index contributed by atoms with van der Waals surface area (Å²) in [6.07, 6.45) is 16.4. The molecule has 7 aromatic rings. The lowest BCUT2D eigenvalue weighted by molar-refractivity contribution is 0.305. The molecule has 0 amide bonds. The van der Waals surface area contributed by atoms with E-state index in [1.165, 1.54) is 70.5 Å². The van der Waals surface area contributed by atoms with Crippen LogP contribution in [-0.2, 0) is 6.17 Å². The molecule has 58 heavy (non-hydrogen) atoms. The lowest BCUT2D eigenvalue weighted by Gasteiger charge is -2.34. The Bertz CT molecular complexity index is 1960. The number of imidazole rings is 1. The number of hydrogen-bond donors (Lipinski definition) is 0. The second-order valence-corrected chi connectivity index (χ2v) is 18.9. The van der Waals surface area contributed by atoms with Gasteiger partial charge in [0.1, 0.15) is 11.5 Å². The smallest absolute Gasteiger partial charge is 0.241 e. The molecule has 6 heteroatoms. The molecule has 0 aliphatic rings. The molecule has 296 valence electrons. The van der Waals surface area contributed by atoms with E-state index in [1.807, 2.05) is 12.5 Å². The van der Waals surface area contributed by atoms with E-state index in [0.717, 1.165) is 43.7 Å². The number of rotatable bonds is 20. The molecular weight excluding hydrogens is 723 g/mol. The topological polar surface area (TPSA) is 36.3 Å². The van der Waals surface area contributed by atoms with Crippen LogP contribution in [0.3, 0.4) is 0 Å². The lowest BCUT2D eigenvalue weighted by atomic mass is 9.37. The summed E-state index contributed by atoms with van der Waals surface area (Å²) < 4.78 is 14.4. The molecule has 0 unspecified atom stereocenters. The quantitative estimate of drug-likeness (QED) is 0.0441. The van der Waals surface area contributed by atoms with Gasteiger partial charge in [0, 0.05) is 18.6 Å². The molecular formula is C52H59BN2O2Si. The number of ether oxygens (including phenoxy) is 2. The van der Waals surface area contributed by atoms with Crippen molar-refractivity contribution >= 4 is 46.7 Å². The molecule has 1 heterocycles. The summed E-state index contributed by atoms with van der Waals surface area (Å²) in [7, 11) is -2.46. The fraction of sp³-hybridized carbons (Fsp3) is 0.250. The molecule has 0 N–H and O–H groups in total. The van der Waals surface area contributed by atoms with Crippen LogP contribution >= 0.6 is 0 Å². The van der Waals surface area contributed by atoms with E-state index in [4.69, 9.17) is 9.47 Å². The van der Waals surface area contributed by atoms with Crippen LogP contribution in [0, 0.1) is 0 Å². The van der Waals surface area contributed by atoms with Gasteiger partial charge < -0.3 is 14.0 Å². The van der Waals surface area contributed by atoms with E-state index in [0.29, 0.717) is 6.71 Å². The highest BCUT2D eigenvalue weighted by molar-refractivity contribution is 7.10. The molecule has 0 radical (unpaired) electrons. The summed E-state index contributed by atoms with van der Waals surface area (Å²) in [5.41, 5.74) is 4.00. The molecule has 0 atom stereocenters. The van der Waals surface area contributed by atoms with E-state index >= 15 is 0 Å². The van der Waals surface area contributed by atoms with Gasteiger partial charge >= 0.3 is 0 Å². The second kappa shape index (κ2) is 23.0. The zero-order valence-electron chi connectivity index (χ0n) is 34.5. The Labute approximate surface area is 349 Å². The van der Waals surface area contributed by atoms with Crippen molar-refractivity contribution in [3.05, 3.63) is 189 Å². The van der Waals surface area contributed by atoms with Crippen LogP contribution in [0.1, 0.15) is 65.2 Å². The van der Waals surface area contributed by atoms with Crippen LogP contribution in [0.5, 0.6) is 11.5 Å². The van der Waals surface area contributed by atoms with E-state index in [9.17, 15) is 0 Å². The van der Waals surface area contributed by atoms with Crippen LogP contribution in [0.2, 0.25) is 0 Å². The molecule has 0 spiro atoms. The van der Waals surface area contributed by atoms with Gasteiger partial charge in [-0.2, -0.15) is 0 Å². The van der Waals surface area contributed by atoms with Crippen LogP contribution in [-0.4, -0.2) is 37.6 Å². The first kappa shape index (κ1) is 42.0. The number of benzene rings is 6. The SMILES string of the molecule is CCCCCCOc1ccc([Si](Cn2ccnc2)(c2ccccc2)c2ccc(OCCCCCC)cc2)cc1.c1ccc(B(c2ccccc2)c2ccccc2)cc1. The summed E-state index contributed by atoms with van der Waals surface area (Å²) in [4.78, 5) is 4.37. The predicted octanol–water partition coefficient (Wildman–Crippen LogP) is 8.71. The third kappa shape index (κ3) is 11.7. The number of unbranched alkanes of at least 4 members (excludes halogenated alkanes) is 6. The van der Waals surface area contributed by atoms with E-state index in [1.54, 1.807) is 0 Å². The standard InChI is InChI=1S/C34H44N2O2Si.C18H15B/c1-3-5-7-12-26-37-30-16-20-33(21-17-30)39(29-36-25-24-35-28-36,32-14-10-9-11-15-32)34-22-18-31(19-23-34)38-27-13-8-6-4-2;1-4-10-16(11-5-1)19(17-12-6-2-7-13-17)18-14-8-3-9-15-18/h9-11,14-25,28H,3-8,12-13,26-27,29H2,1-2H3;1-15H. The van der Waals surface area contributed by atoms with Crippen molar-refractivity contribution in [1.82, 2.24) is 9.55 Å². The largest absolute Gasteiger partial charge is 0.494 e. The molecule has 0 aliphatic carbocycles. The van der Waals surface area contributed by atoms with Gasteiger partial charge in [-0.05, 0) is 52.7 Å². The number of aromatic nitrogens is 2. The Balaban J connectivity index is 0.000000247. The van der Waals surface area contributed by atoms with Gasteiger partial charge in [0.2, 0.25) is 6.71 Å². The van der Waals surface area contributed by atoms with Crippen LogP contribution in [0.15, 0.2) is 189 Å². The van der Waals surface area contributed by atoms with Crippen molar-refractivity contribution in [2.24, 2.45) is 0 Å². The Morgan fingerprint density at radius 3 is 1.24 bits per heavy atom. The molecule has 4 nitrogen and oxygen atoms in total. The van der Waals surface area contributed by atoms with Gasteiger partial charge in [0.05, 0.1) is 19.5 Å². The van der Waals surface area contributed by atoms with Gasteiger partial charge in [0.25, 0.3) is 0 Å². The van der Waals surface area contributed by atoms with Crippen molar-refractivity contribution in [2.45, 2.75) is 71.4 Å². The monoisotopic (exact) mass is 782 g/mol. The fourth-order valence-electron chi connectivity index (χ4n) is 7.77. The highest BCUT2D eigenvalue weighted by Gasteiger charge is 2.40. The zero-order chi connectivity index (χ0) is 40.1. The molecule has 0 saturated heterocycles. The van der Waals surface area contributed by atoms with Gasteiger partial charge in [-0.3, -0.25) is 0 Å². The third-order valence-electron chi connectivity index (χ3n) is 10.9. The van der Waals surface area contributed by atoms with Crippen LogP contribution < -0.4 is 41.4 Å². The van der Waals surface area contributed by atoms with Crippen molar-refractivity contribution in [2.75, 3.05) is 13.2 Å². The second-order valence-electron chi connectivity index (χ2n) is 15.0. The highest BCUT2D eigenvalue weighted by atomic mass is 28.3. The normalized spacial score (nSPS) is 11.0. The minimum atomic E-state index is -2.46. The number of hydrogen-bond acceptors (Lipinski definition) is 3. The van der Waals surface area contributed by atoms with E-state index in [-0.39, 0.29) is 0 Å². The van der Waals surface area contributed by atoms with Gasteiger partial charge in [-0.25, -0.2) is 4.98 Å². The van der Waals surface area contributed by atoms with Crippen molar-refractivity contribution in [3.8, 4) is 11.5 Å². The molecule has 0 aliphatic heterocycles. The summed E-state index contributed by atoms with van der Waals surface area (Å²) in [5.74, 6) is 1.89. The Morgan fingerprint density at radius 2 is 0.862 bits per heavy atom. The minimum absolute atomic E-state index is 0.309. The Hall–Kier alpha value is -5.59. The summed E-state index contributed by atoms with van der Waals surface area (Å²) >= 11 is 0. The predicted molar refractivity (Wildman–Crippen MR) is 249 cm³/mol. The first-order chi connectivity index (χ1) is 28.7. The fourth-order valence-corrected chi connectivity index (χ4v) is 12.3. The lowest BCUT2D eigenvalue weighted by Crippen LogP contribution is -2.69. The summed E-state index contributed by atoms with van der Waals surface area (Å²) in [5, 5.41) is 4.09. The van der Waals surface area contributed by atoms with Gasteiger partial charge in [-0.15, -0.1) is 0 Å². The molecule has 0 bridgehead atoms. The van der Waals surface area contributed by atoms with Crippen molar-refractivity contribution in [3.63, 3.8) is 0 Å². The average molecular weight is 783 g/mol. The third-order valence-corrected chi connectivity index (χ3v) is 15.7. The van der Waals surface area contributed by atoms with Crippen LogP contribution in [0.25, 0.3) is 0 Å². The molecule has 1 aromatic heterocycles.